The van der Waals surface area contributed by atoms with Gasteiger partial charge < -0.3 is 0 Å². The predicted octanol–water partition coefficient (Wildman–Crippen LogP) is 7.57. The van der Waals surface area contributed by atoms with Gasteiger partial charge >= 0.3 is 0 Å². The van der Waals surface area contributed by atoms with Crippen molar-refractivity contribution in [2.45, 2.75) is 64.7 Å². The lowest BCUT2D eigenvalue weighted by Crippen LogP contribution is -2.13. The predicted molar refractivity (Wildman–Crippen MR) is 122 cm³/mol. The molecule has 0 radical (unpaired) electrons. The minimum Gasteiger partial charge on any atom is -0.0917 e. The van der Waals surface area contributed by atoms with Gasteiger partial charge in [0.2, 0.25) is 0 Å². The van der Waals surface area contributed by atoms with Crippen LogP contribution in [0.3, 0.4) is 0 Å². The lowest BCUT2D eigenvalue weighted by molar-refractivity contribution is 0.585. The van der Waals surface area contributed by atoms with Crippen LogP contribution in [-0.4, -0.2) is 0 Å². The molecule has 1 aliphatic carbocycles. The highest BCUT2D eigenvalue weighted by atomic mass is 14.2. The zero-order chi connectivity index (χ0) is 19.3. The van der Waals surface area contributed by atoms with Gasteiger partial charge in [-0.3, -0.25) is 0 Å². The Bertz CT molecular complexity index is 976. The fraction of sp³-hybridized carbons (Fsp3) is 0.357. The van der Waals surface area contributed by atoms with Gasteiger partial charge in [0.15, 0.2) is 0 Å². The van der Waals surface area contributed by atoms with Crippen LogP contribution in [-0.2, 0) is 25.7 Å². The van der Waals surface area contributed by atoms with Crippen LogP contribution in [0.25, 0.3) is 10.8 Å². The van der Waals surface area contributed by atoms with E-state index >= 15 is 0 Å². The minimum absolute atomic E-state index is 0.654. The number of hydrogen-bond donors (Lipinski definition) is 0. The van der Waals surface area contributed by atoms with Crippen LogP contribution < -0.4 is 0 Å². The second kappa shape index (κ2) is 8.78. The Morgan fingerprint density at radius 3 is 2.50 bits per heavy atom. The van der Waals surface area contributed by atoms with Crippen LogP contribution in [0.4, 0.5) is 0 Å². The van der Waals surface area contributed by atoms with E-state index in [1.807, 2.05) is 0 Å². The summed E-state index contributed by atoms with van der Waals surface area (Å²) < 4.78 is 0. The van der Waals surface area contributed by atoms with Crippen molar-refractivity contribution in [1.29, 1.82) is 0 Å². The summed E-state index contributed by atoms with van der Waals surface area (Å²) in [5.41, 5.74) is 7.60. The Kier molecular flexibility index (Phi) is 5.95. The molecule has 1 aliphatic rings. The van der Waals surface area contributed by atoms with E-state index in [9.17, 15) is 0 Å². The van der Waals surface area contributed by atoms with E-state index < -0.39 is 0 Å². The molecule has 0 bridgehead atoms. The molecule has 1 unspecified atom stereocenters. The maximum absolute atomic E-state index is 2.46. The highest BCUT2D eigenvalue weighted by molar-refractivity contribution is 5.84. The third kappa shape index (κ3) is 4.22. The number of rotatable bonds is 6. The lowest BCUT2D eigenvalue weighted by atomic mass is 9.79. The maximum Gasteiger partial charge on any atom is -0.0118 e. The Hall–Kier alpha value is -2.34. The first kappa shape index (κ1) is 19.0. The molecule has 144 valence electrons. The Labute approximate surface area is 170 Å². The second-order valence-corrected chi connectivity index (χ2v) is 8.34. The molecule has 0 amide bonds. The Balaban J connectivity index is 1.51. The third-order valence-electron chi connectivity index (χ3n) is 6.27. The summed E-state index contributed by atoms with van der Waals surface area (Å²) >= 11 is 0. The average molecular weight is 369 g/mol. The van der Waals surface area contributed by atoms with Crippen molar-refractivity contribution in [3.63, 3.8) is 0 Å². The Morgan fingerprint density at radius 1 is 0.857 bits per heavy atom. The van der Waals surface area contributed by atoms with Crippen LogP contribution in [0.15, 0.2) is 66.7 Å². The smallest absolute Gasteiger partial charge is 0.0118 e. The van der Waals surface area contributed by atoms with Gasteiger partial charge in [-0.25, -0.2) is 0 Å². The molecule has 0 N–H and O–H groups in total. The molecule has 3 aromatic rings. The molecular formula is C28H32. The molecule has 0 spiro atoms. The summed E-state index contributed by atoms with van der Waals surface area (Å²) in [6, 6.07) is 21.3. The van der Waals surface area contributed by atoms with E-state index in [2.05, 4.69) is 80.6 Å². The van der Waals surface area contributed by atoms with Crippen molar-refractivity contribution in [2.24, 2.45) is 0 Å². The second-order valence-electron chi connectivity index (χ2n) is 8.34. The SMILES string of the molecule is C/C=C/CCc1ccc2c(c1)CCC(c1ccc3cc(CCC)ccc3c1)C2. The average Bonchev–Trinajstić information content (AvgIpc) is 2.73. The number of allylic oxidation sites excluding steroid dienone is 2. The Morgan fingerprint density at radius 2 is 1.64 bits per heavy atom. The summed E-state index contributed by atoms with van der Waals surface area (Å²) in [6.07, 6.45) is 12.8. The first-order valence-corrected chi connectivity index (χ1v) is 11.0. The fourth-order valence-electron chi connectivity index (χ4n) is 4.68. The molecule has 0 fully saturated rings. The number of aryl methyl sites for hydroxylation is 3. The lowest BCUT2D eigenvalue weighted by Gasteiger charge is -2.26. The molecule has 0 heterocycles. The fourth-order valence-corrected chi connectivity index (χ4v) is 4.68. The molecule has 4 rings (SSSR count). The molecule has 0 saturated carbocycles. The van der Waals surface area contributed by atoms with Gasteiger partial charge in [-0.05, 0) is 90.0 Å². The molecule has 1 atom stereocenters. The van der Waals surface area contributed by atoms with Crippen LogP contribution in [0.1, 0.15) is 66.8 Å². The molecule has 3 aromatic carbocycles. The van der Waals surface area contributed by atoms with Crippen molar-refractivity contribution < 1.29 is 0 Å². The van der Waals surface area contributed by atoms with E-state index in [0.717, 1.165) is 12.8 Å². The molecular weight excluding hydrogens is 336 g/mol. The zero-order valence-electron chi connectivity index (χ0n) is 17.4. The monoisotopic (exact) mass is 368 g/mol. The zero-order valence-corrected chi connectivity index (χ0v) is 17.4. The highest BCUT2D eigenvalue weighted by Crippen LogP contribution is 2.34. The molecule has 0 heteroatoms. The summed E-state index contributed by atoms with van der Waals surface area (Å²) in [7, 11) is 0. The van der Waals surface area contributed by atoms with Gasteiger partial charge in [0.25, 0.3) is 0 Å². The van der Waals surface area contributed by atoms with Gasteiger partial charge in [0.05, 0.1) is 0 Å². The minimum atomic E-state index is 0.654. The normalized spacial score (nSPS) is 16.6. The van der Waals surface area contributed by atoms with Crippen molar-refractivity contribution in [3.8, 4) is 0 Å². The van der Waals surface area contributed by atoms with E-state index in [1.165, 1.54) is 59.6 Å². The van der Waals surface area contributed by atoms with E-state index in [0.29, 0.717) is 5.92 Å². The maximum atomic E-state index is 2.46. The van der Waals surface area contributed by atoms with E-state index in [1.54, 1.807) is 11.1 Å². The summed E-state index contributed by atoms with van der Waals surface area (Å²) in [6.45, 7) is 4.35. The molecule has 0 aromatic heterocycles. The van der Waals surface area contributed by atoms with Gasteiger partial charge in [-0.2, -0.15) is 0 Å². The van der Waals surface area contributed by atoms with Gasteiger partial charge in [0.1, 0.15) is 0 Å². The van der Waals surface area contributed by atoms with Crippen molar-refractivity contribution >= 4 is 10.8 Å². The largest absolute Gasteiger partial charge is 0.0917 e. The number of fused-ring (bicyclic) bond motifs is 2. The van der Waals surface area contributed by atoms with Crippen LogP contribution in [0, 0.1) is 0 Å². The van der Waals surface area contributed by atoms with Crippen molar-refractivity contribution in [3.05, 3.63) is 94.6 Å². The molecule has 28 heavy (non-hydrogen) atoms. The summed E-state index contributed by atoms with van der Waals surface area (Å²) in [5, 5.41) is 2.78. The highest BCUT2D eigenvalue weighted by Gasteiger charge is 2.20. The van der Waals surface area contributed by atoms with Gasteiger partial charge in [-0.1, -0.05) is 80.1 Å². The van der Waals surface area contributed by atoms with Crippen molar-refractivity contribution in [2.75, 3.05) is 0 Å². The first-order chi connectivity index (χ1) is 13.8. The molecule has 0 nitrogen and oxygen atoms in total. The third-order valence-corrected chi connectivity index (χ3v) is 6.27. The van der Waals surface area contributed by atoms with Gasteiger partial charge in [-0.15, -0.1) is 0 Å². The quantitative estimate of drug-likeness (QED) is 0.393. The summed E-state index contributed by atoms with van der Waals surface area (Å²) in [4.78, 5) is 0. The topological polar surface area (TPSA) is 0 Å². The van der Waals surface area contributed by atoms with Gasteiger partial charge in [0, 0.05) is 0 Å². The van der Waals surface area contributed by atoms with E-state index in [4.69, 9.17) is 0 Å². The standard InChI is InChI=1S/C28H32/c1-3-5-6-8-22-10-12-26-20-28(16-14-24(26)18-22)27-15-13-23-17-21(7-4-2)9-11-25(23)19-27/h3,5,9-13,15,17-19,28H,4,6-8,14,16,20H2,1-2H3/b5-3+. The molecule has 0 aliphatic heterocycles. The van der Waals surface area contributed by atoms with Crippen LogP contribution >= 0.6 is 0 Å². The van der Waals surface area contributed by atoms with Crippen LogP contribution in [0.5, 0.6) is 0 Å². The van der Waals surface area contributed by atoms with Crippen LogP contribution in [0.2, 0.25) is 0 Å². The van der Waals surface area contributed by atoms with E-state index in [-0.39, 0.29) is 0 Å². The number of benzene rings is 3. The summed E-state index contributed by atoms with van der Waals surface area (Å²) in [5.74, 6) is 0.654. The number of hydrogen-bond acceptors (Lipinski definition) is 0. The molecule has 0 saturated heterocycles. The first-order valence-electron chi connectivity index (χ1n) is 11.0. The van der Waals surface area contributed by atoms with Crippen molar-refractivity contribution in [1.82, 2.24) is 0 Å².